The molecule has 8 heteroatoms. The lowest BCUT2D eigenvalue weighted by Gasteiger charge is -2.39. The van der Waals surface area contributed by atoms with Crippen LogP contribution in [0.2, 0.25) is 0 Å². The summed E-state index contributed by atoms with van der Waals surface area (Å²) in [6.07, 6.45) is 1.52. The number of benzene rings is 1. The van der Waals surface area contributed by atoms with Gasteiger partial charge in [-0.2, -0.15) is 0 Å². The molecule has 1 fully saturated rings. The van der Waals surface area contributed by atoms with E-state index < -0.39 is 23.1 Å². The first kappa shape index (κ1) is 21.0. The number of ether oxygens (including phenoxy) is 4. The second-order valence-electron chi connectivity index (χ2n) is 8.42. The van der Waals surface area contributed by atoms with Crippen molar-refractivity contribution in [3.05, 3.63) is 28.8 Å². The Morgan fingerprint density at radius 2 is 1.55 bits per heavy atom. The van der Waals surface area contributed by atoms with Gasteiger partial charge < -0.3 is 23.8 Å². The SMILES string of the molecule is COC(=O)c1cc2c(cc1C(=O)OC)OC1(CCN(C(=O)OC(C)(C)C)CC1)C2. The van der Waals surface area contributed by atoms with Gasteiger partial charge in [-0.3, -0.25) is 0 Å². The van der Waals surface area contributed by atoms with Crippen molar-refractivity contribution in [2.45, 2.75) is 51.2 Å². The molecule has 2 aliphatic rings. The van der Waals surface area contributed by atoms with E-state index in [0.29, 0.717) is 38.1 Å². The van der Waals surface area contributed by atoms with Gasteiger partial charge in [-0.05, 0) is 38.5 Å². The first-order chi connectivity index (χ1) is 13.6. The molecular formula is C21H27NO7. The zero-order valence-electron chi connectivity index (χ0n) is 17.5. The highest BCUT2D eigenvalue weighted by molar-refractivity contribution is 6.03. The van der Waals surface area contributed by atoms with Crippen molar-refractivity contribution < 1.29 is 33.3 Å². The van der Waals surface area contributed by atoms with E-state index in [4.69, 9.17) is 18.9 Å². The van der Waals surface area contributed by atoms with Crippen molar-refractivity contribution in [1.29, 1.82) is 0 Å². The third-order valence-corrected chi connectivity index (χ3v) is 5.18. The van der Waals surface area contributed by atoms with Gasteiger partial charge in [-0.25, -0.2) is 14.4 Å². The number of hydrogen-bond donors (Lipinski definition) is 0. The molecule has 29 heavy (non-hydrogen) atoms. The fourth-order valence-electron chi connectivity index (χ4n) is 3.73. The van der Waals surface area contributed by atoms with Crippen LogP contribution < -0.4 is 4.74 Å². The van der Waals surface area contributed by atoms with Crippen LogP contribution in [0.1, 0.15) is 59.9 Å². The fraction of sp³-hybridized carbons (Fsp3) is 0.571. The maximum atomic E-state index is 12.3. The number of rotatable bonds is 2. The van der Waals surface area contributed by atoms with Gasteiger partial charge in [-0.1, -0.05) is 0 Å². The molecule has 1 amide bonds. The van der Waals surface area contributed by atoms with Gasteiger partial charge in [0.15, 0.2) is 0 Å². The van der Waals surface area contributed by atoms with Crippen molar-refractivity contribution in [2.75, 3.05) is 27.3 Å². The number of hydrogen-bond acceptors (Lipinski definition) is 7. The maximum absolute atomic E-state index is 12.3. The van der Waals surface area contributed by atoms with Crippen molar-refractivity contribution in [2.24, 2.45) is 0 Å². The van der Waals surface area contributed by atoms with E-state index in [9.17, 15) is 14.4 Å². The standard InChI is InChI=1S/C21H27NO7/c1-20(2,3)29-19(25)22-8-6-21(7-9-22)12-13-10-14(17(23)26-4)15(18(24)27-5)11-16(13)28-21/h10-11H,6-9,12H2,1-5H3. The lowest BCUT2D eigenvalue weighted by molar-refractivity contribution is -0.00895. The van der Waals surface area contributed by atoms with E-state index in [1.54, 1.807) is 17.0 Å². The third kappa shape index (κ3) is 4.31. The zero-order valence-corrected chi connectivity index (χ0v) is 17.5. The summed E-state index contributed by atoms with van der Waals surface area (Å²) >= 11 is 0. The molecule has 0 saturated carbocycles. The number of esters is 2. The maximum Gasteiger partial charge on any atom is 0.410 e. The van der Waals surface area contributed by atoms with Gasteiger partial charge in [0.2, 0.25) is 0 Å². The van der Waals surface area contributed by atoms with Crippen LogP contribution in [0.25, 0.3) is 0 Å². The Bertz CT molecular complexity index is 785. The lowest BCUT2D eigenvalue weighted by Crippen LogP contribution is -2.50. The van der Waals surface area contributed by atoms with E-state index in [0.717, 1.165) is 5.56 Å². The first-order valence-corrected chi connectivity index (χ1v) is 9.58. The fourth-order valence-corrected chi connectivity index (χ4v) is 3.73. The van der Waals surface area contributed by atoms with Crippen molar-refractivity contribution in [3.8, 4) is 5.75 Å². The van der Waals surface area contributed by atoms with Gasteiger partial charge in [0, 0.05) is 32.4 Å². The van der Waals surface area contributed by atoms with E-state index in [-0.39, 0.29) is 17.2 Å². The van der Waals surface area contributed by atoms with Gasteiger partial charge in [-0.15, -0.1) is 0 Å². The van der Waals surface area contributed by atoms with Crippen molar-refractivity contribution >= 4 is 18.0 Å². The average molecular weight is 405 g/mol. The number of likely N-dealkylation sites (tertiary alicyclic amines) is 1. The Kier molecular flexibility index (Phi) is 5.47. The average Bonchev–Trinajstić information content (AvgIpc) is 3.01. The molecule has 0 radical (unpaired) electrons. The summed E-state index contributed by atoms with van der Waals surface area (Å²) in [5.74, 6) is -0.671. The number of nitrogens with zero attached hydrogens (tertiary/aromatic N) is 1. The third-order valence-electron chi connectivity index (χ3n) is 5.18. The van der Waals surface area contributed by atoms with E-state index in [1.165, 1.54) is 14.2 Å². The highest BCUT2D eigenvalue weighted by Gasteiger charge is 2.44. The van der Waals surface area contributed by atoms with E-state index >= 15 is 0 Å². The predicted molar refractivity (Wildman–Crippen MR) is 103 cm³/mol. The molecule has 2 aliphatic heterocycles. The molecule has 1 saturated heterocycles. The quantitative estimate of drug-likeness (QED) is 0.552. The highest BCUT2D eigenvalue weighted by Crippen LogP contribution is 2.42. The van der Waals surface area contributed by atoms with Crippen LogP contribution in [0.4, 0.5) is 4.79 Å². The minimum Gasteiger partial charge on any atom is -0.486 e. The molecule has 8 nitrogen and oxygen atoms in total. The molecular weight excluding hydrogens is 378 g/mol. The van der Waals surface area contributed by atoms with Gasteiger partial charge in [0.25, 0.3) is 0 Å². The first-order valence-electron chi connectivity index (χ1n) is 9.58. The lowest BCUT2D eigenvalue weighted by atomic mass is 9.86. The van der Waals surface area contributed by atoms with Gasteiger partial charge in [0.1, 0.15) is 17.0 Å². The summed E-state index contributed by atoms with van der Waals surface area (Å²) in [7, 11) is 2.52. The molecule has 3 rings (SSSR count). The summed E-state index contributed by atoms with van der Waals surface area (Å²) in [6, 6.07) is 3.19. The van der Waals surface area contributed by atoms with Crippen LogP contribution >= 0.6 is 0 Å². The highest BCUT2D eigenvalue weighted by atomic mass is 16.6. The second kappa shape index (κ2) is 7.57. The molecule has 158 valence electrons. The Morgan fingerprint density at radius 1 is 1.00 bits per heavy atom. The van der Waals surface area contributed by atoms with Gasteiger partial charge in [0.05, 0.1) is 25.3 Å². The van der Waals surface area contributed by atoms with Crippen LogP contribution in [0.5, 0.6) is 5.75 Å². The van der Waals surface area contributed by atoms with Crippen LogP contribution in [0.15, 0.2) is 12.1 Å². The summed E-state index contributed by atoms with van der Waals surface area (Å²) in [4.78, 5) is 38.2. The molecule has 0 bridgehead atoms. The molecule has 2 heterocycles. The minimum atomic E-state index is -0.627. The summed E-state index contributed by atoms with van der Waals surface area (Å²) in [6.45, 7) is 6.54. The Morgan fingerprint density at radius 3 is 2.07 bits per heavy atom. The van der Waals surface area contributed by atoms with Crippen LogP contribution in [0, 0.1) is 0 Å². The molecule has 0 aromatic heterocycles. The van der Waals surface area contributed by atoms with Crippen molar-refractivity contribution in [1.82, 2.24) is 4.90 Å². The molecule has 1 spiro atoms. The monoisotopic (exact) mass is 405 g/mol. The Balaban J connectivity index is 1.77. The van der Waals surface area contributed by atoms with Crippen LogP contribution in [0.3, 0.4) is 0 Å². The number of carbonyl (C=O) groups excluding carboxylic acids is 3. The van der Waals surface area contributed by atoms with E-state index in [2.05, 4.69) is 0 Å². The molecule has 1 aromatic carbocycles. The Labute approximate surface area is 170 Å². The number of piperidine rings is 1. The van der Waals surface area contributed by atoms with E-state index in [1.807, 2.05) is 20.8 Å². The summed E-state index contributed by atoms with van der Waals surface area (Å²) in [5, 5.41) is 0. The largest absolute Gasteiger partial charge is 0.486 e. The molecule has 0 atom stereocenters. The molecule has 0 aliphatic carbocycles. The zero-order chi connectivity index (χ0) is 21.4. The summed E-state index contributed by atoms with van der Waals surface area (Å²) < 4.78 is 21.3. The number of methoxy groups -OCH3 is 2. The van der Waals surface area contributed by atoms with Gasteiger partial charge >= 0.3 is 18.0 Å². The number of fused-ring (bicyclic) bond motifs is 1. The van der Waals surface area contributed by atoms with Crippen LogP contribution in [-0.2, 0) is 20.6 Å². The molecule has 0 unspecified atom stereocenters. The van der Waals surface area contributed by atoms with Crippen LogP contribution in [-0.4, -0.2) is 61.4 Å². The Hall–Kier alpha value is -2.77. The molecule has 0 N–H and O–H groups in total. The van der Waals surface area contributed by atoms with Crippen molar-refractivity contribution in [3.63, 3.8) is 0 Å². The second-order valence-corrected chi connectivity index (χ2v) is 8.42. The number of carbonyl (C=O) groups is 3. The smallest absolute Gasteiger partial charge is 0.410 e. The summed E-state index contributed by atoms with van der Waals surface area (Å²) in [5.41, 5.74) is 0.0965. The predicted octanol–water partition coefficient (Wildman–Crippen LogP) is 2.96. The topological polar surface area (TPSA) is 91.4 Å². The molecule has 1 aromatic rings. The number of amides is 1. The minimum absolute atomic E-state index is 0.112. The normalized spacial score (nSPS) is 17.3.